The zero-order valence-electron chi connectivity index (χ0n) is 21.3. The highest BCUT2D eigenvalue weighted by Crippen LogP contribution is 2.34. The van der Waals surface area contributed by atoms with E-state index in [1.54, 1.807) is 17.0 Å². The Morgan fingerprint density at radius 2 is 1.83 bits per heavy atom. The van der Waals surface area contributed by atoms with Gasteiger partial charge < -0.3 is 20.0 Å². The molecular weight excluding hydrogens is 440 g/mol. The van der Waals surface area contributed by atoms with Crippen molar-refractivity contribution < 1.29 is 15.0 Å². The standard InChI is InChI=1S/C28H36N4O3/c1-17(2)14-25(34)28(35)31-12-13-32(23(16-31)18(3)4)27-20-11-10-19(5)15-22(20)29-26(30-27)21-8-6-7-9-24(21)33/h6-11,15,17-18,23,25,33-34H,12-14,16H2,1-5H3/t23-,25-/m1/s1. The molecule has 2 aromatic carbocycles. The first-order valence-corrected chi connectivity index (χ1v) is 12.5. The number of para-hydroxylation sites is 1. The SMILES string of the molecule is Cc1ccc2c(N3CCN(C(=O)[C@H](O)CC(C)C)C[C@@H]3C(C)C)nc(-c3ccccc3O)nc2c1. The summed E-state index contributed by atoms with van der Waals surface area (Å²) in [5.74, 6) is 1.73. The fourth-order valence-corrected chi connectivity index (χ4v) is 4.83. The third kappa shape index (κ3) is 5.25. The Morgan fingerprint density at radius 1 is 1.09 bits per heavy atom. The van der Waals surface area contributed by atoms with Gasteiger partial charge >= 0.3 is 0 Å². The summed E-state index contributed by atoms with van der Waals surface area (Å²) in [5, 5.41) is 21.9. The lowest BCUT2D eigenvalue weighted by molar-refractivity contribution is -0.142. The van der Waals surface area contributed by atoms with Gasteiger partial charge in [0.25, 0.3) is 5.91 Å². The van der Waals surface area contributed by atoms with Crippen LogP contribution >= 0.6 is 0 Å². The van der Waals surface area contributed by atoms with Gasteiger partial charge in [-0.05, 0) is 55.0 Å². The van der Waals surface area contributed by atoms with Crippen LogP contribution in [-0.4, -0.2) is 62.8 Å². The van der Waals surface area contributed by atoms with E-state index in [2.05, 4.69) is 30.9 Å². The molecule has 2 heterocycles. The minimum atomic E-state index is -0.968. The number of anilines is 1. The highest BCUT2D eigenvalue weighted by atomic mass is 16.3. The van der Waals surface area contributed by atoms with E-state index in [0.29, 0.717) is 37.4 Å². The van der Waals surface area contributed by atoms with Gasteiger partial charge in [0.1, 0.15) is 17.7 Å². The fraction of sp³-hybridized carbons (Fsp3) is 0.464. The van der Waals surface area contributed by atoms with Gasteiger partial charge in [-0.15, -0.1) is 0 Å². The van der Waals surface area contributed by atoms with Crippen LogP contribution in [-0.2, 0) is 4.79 Å². The first-order valence-electron chi connectivity index (χ1n) is 12.5. The molecule has 1 fully saturated rings. The second kappa shape index (κ2) is 10.2. The number of carbonyl (C=O) groups excluding carboxylic acids is 1. The van der Waals surface area contributed by atoms with Crippen LogP contribution in [0.1, 0.15) is 39.7 Å². The number of hydrogen-bond donors (Lipinski definition) is 2. The molecule has 1 saturated heterocycles. The third-order valence-corrected chi connectivity index (χ3v) is 6.73. The predicted octanol–water partition coefficient (Wildman–Crippen LogP) is 4.39. The Bertz CT molecular complexity index is 1210. The van der Waals surface area contributed by atoms with Crippen molar-refractivity contribution in [1.82, 2.24) is 14.9 Å². The van der Waals surface area contributed by atoms with Gasteiger partial charge in [0.15, 0.2) is 5.82 Å². The normalized spacial score (nSPS) is 17.4. The molecule has 1 amide bonds. The van der Waals surface area contributed by atoms with Crippen molar-refractivity contribution in [2.75, 3.05) is 24.5 Å². The molecule has 0 saturated carbocycles. The number of aliphatic hydroxyl groups is 1. The maximum atomic E-state index is 13.0. The van der Waals surface area contributed by atoms with Gasteiger partial charge in [-0.3, -0.25) is 4.79 Å². The first kappa shape index (κ1) is 24.9. The zero-order chi connectivity index (χ0) is 25.3. The van der Waals surface area contributed by atoms with E-state index >= 15 is 0 Å². The molecule has 0 unspecified atom stereocenters. The molecule has 1 aliphatic rings. The summed E-state index contributed by atoms with van der Waals surface area (Å²) >= 11 is 0. The second-order valence-electron chi connectivity index (χ2n) is 10.3. The molecule has 7 heteroatoms. The van der Waals surface area contributed by atoms with Gasteiger partial charge in [0.2, 0.25) is 0 Å². The van der Waals surface area contributed by atoms with Crippen LogP contribution < -0.4 is 4.90 Å². The number of aryl methyl sites for hydroxylation is 1. The van der Waals surface area contributed by atoms with Crippen molar-refractivity contribution in [3.05, 3.63) is 48.0 Å². The average molecular weight is 477 g/mol. The maximum Gasteiger partial charge on any atom is 0.251 e. The number of carbonyl (C=O) groups is 1. The predicted molar refractivity (Wildman–Crippen MR) is 139 cm³/mol. The Morgan fingerprint density at radius 3 is 2.51 bits per heavy atom. The molecule has 0 bridgehead atoms. The molecule has 2 atom stereocenters. The summed E-state index contributed by atoms with van der Waals surface area (Å²) in [6.07, 6.45) is -0.504. The van der Waals surface area contributed by atoms with E-state index < -0.39 is 6.10 Å². The second-order valence-corrected chi connectivity index (χ2v) is 10.3. The molecule has 4 rings (SSSR count). The van der Waals surface area contributed by atoms with Crippen LogP contribution in [0, 0.1) is 18.8 Å². The summed E-state index contributed by atoms with van der Waals surface area (Å²) in [5.41, 5.74) is 2.51. The van der Waals surface area contributed by atoms with Crippen LogP contribution in [0.4, 0.5) is 5.82 Å². The van der Waals surface area contributed by atoms with Gasteiger partial charge in [0, 0.05) is 25.0 Å². The van der Waals surface area contributed by atoms with E-state index in [1.807, 2.05) is 39.0 Å². The number of fused-ring (bicyclic) bond motifs is 1. The molecule has 35 heavy (non-hydrogen) atoms. The van der Waals surface area contributed by atoms with Gasteiger partial charge in [-0.1, -0.05) is 45.9 Å². The Hall–Kier alpha value is -3.19. The minimum absolute atomic E-state index is 0.0237. The largest absolute Gasteiger partial charge is 0.507 e. The van der Waals surface area contributed by atoms with E-state index in [0.717, 1.165) is 22.3 Å². The number of hydrogen-bond acceptors (Lipinski definition) is 6. The number of phenols is 1. The number of amides is 1. The number of phenolic OH excluding ortho intramolecular Hbond substituents is 1. The number of rotatable bonds is 6. The maximum absolute atomic E-state index is 13.0. The minimum Gasteiger partial charge on any atom is -0.507 e. The Labute approximate surface area is 207 Å². The number of benzene rings is 2. The average Bonchev–Trinajstić information content (AvgIpc) is 2.82. The van der Waals surface area contributed by atoms with Crippen molar-refractivity contribution in [2.24, 2.45) is 11.8 Å². The summed E-state index contributed by atoms with van der Waals surface area (Å²) in [6.45, 7) is 12.0. The van der Waals surface area contributed by atoms with E-state index in [-0.39, 0.29) is 29.5 Å². The van der Waals surface area contributed by atoms with Crippen molar-refractivity contribution in [1.29, 1.82) is 0 Å². The molecule has 0 aliphatic carbocycles. The molecular formula is C28H36N4O3. The Balaban J connectivity index is 1.75. The van der Waals surface area contributed by atoms with Crippen LogP contribution in [0.5, 0.6) is 5.75 Å². The number of aliphatic hydroxyl groups excluding tert-OH is 1. The molecule has 2 N–H and O–H groups in total. The monoisotopic (exact) mass is 476 g/mol. The van der Waals surface area contributed by atoms with Gasteiger partial charge in [-0.2, -0.15) is 0 Å². The molecule has 0 spiro atoms. The number of nitrogens with zero attached hydrogens (tertiary/aromatic N) is 4. The van der Waals surface area contributed by atoms with E-state index in [9.17, 15) is 15.0 Å². The highest BCUT2D eigenvalue weighted by molar-refractivity contribution is 5.92. The smallest absolute Gasteiger partial charge is 0.251 e. The van der Waals surface area contributed by atoms with Crippen molar-refractivity contribution in [3.63, 3.8) is 0 Å². The zero-order valence-corrected chi connectivity index (χ0v) is 21.3. The Kier molecular flexibility index (Phi) is 7.26. The summed E-state index contributed by atoms with van der Waals surface area (Å²) in [6, 6.07) is 13.3. The fourth-order valence-electron chi connectivity index (χ4n) is 4.83. The first-order chi connectivity index (χ1) is 16.7. The van der Waals surface area contributed by atoms with E-state index in [4.69, 9.17) is 9.97 Å². The molecule has 1 aliphatic heterocycles. The van der Waals surface area contributed by atoms with Crippen LogP contribution in [0.3, 0.4) is 0 Å². The lowest BCUT2D eigenvalue weighted by Crippen LogP contribution is -2.58. The van der Waals surface area contributed by atoms with Gasteiger partial charge in [0.05, 0.1) is 17.1 Å². The molecule has 3 aromatic rings. The number of piperazine rings is 1. The topological polar surface area (TPSA) is 89.8 Å². The van der Waals surface area contributed by atoms with Crippen LogP contribution in [0.25, 0.3) is 22.3 Å². The lowest BCUT2D eigenvalue weighted by Gasteiger charge is -2.45. The lowest BCUT2D eigenvalue weighted by atomic mass is 9.97. The van der Waals surface area contributed by atoms with Crippen molar-refractivity contribution in [2.45, 2.75) is 53.2 Å². The van der Waals surface area contributed by atoms with Gasteiger partial charge in [-0.25, -0.2) is 9.97 Å². The summed E-state index contributed by atoms with van der Waals surface area (Å²) in [7, 11) is 0. The van der Waals surface area contributed by atoms with Crippen LogP contribution in [0.2, 0.25) is 0 Å². The number of aromatic hydroxyl groups is 1. The summed E-state index contributed by atoms with van der Waals surface area (Å²) < 4.78 is 0. The van der Waals surface area contributed by atoms with Crippen molar-refractivity contribution >= 4 is 22.6 Å². The third-order valence-electron chi connectivity index (χ3n) is 6.73. The summed E-state index contributed by atoms with van der Waals surface area (Å²) in [4.78, 5) is 26.8. The molecule has 186 valence electrons. The number of aromatic nitrogens is 2. The van der Waals surface area contributed by atoms with E-state index in [1.165, 1.54) is 0 Å². The molecule has 7 nitrogen and oxygen atoms in total. The highest BCUT2D eigenvalue weighted by Gasteiger charge is 2.35. The molecule has 0 radical (unpaired) electrons. The van der Waals surface area contributed by atoms with Crippen molar-refractivity contribution in [3.8, 4) is 17.1 Å². The molecule has 1 aromatic heterocycles. The quantitative estimate of drug-likeness (QED) is 0.548. The van der Waals surface area contributed by atoms with Crippen LogP contribution in [0.15, 0.2) is 42.5 Å².